The van der Waals surface area contributed by atoms with Crippen LogP contribution in [0, 0.1) is 11.6 Å². The van der Waals surface area contributed by atoms with Crippen molar-refractivity contribution in [2.24, 2.45) is 0 Å². The number of hydrogen-bond acceptors (Lipinski definition) is 3. The molecule has 6 heteroatoms. The molecule has 3 aromatic rings. The Labute approximate surface area is 118 Å². The first kappa shape index (κ1) is 12.9. The molecule has 0 aliphatic heterocycles. The van der Waals surface area contributed by atoms with Crippen molar-refractivity contribution in [2.75, 3.05) is 12.4 Å². The highest BCUT2D eigenvalue weighted by atomic mass is 32.2. The molecule has 0 aliphatic carbocycles. The van der Waals surface area contributed by atoms with Crippen molar-refractivity contribution in [3.05, 3.63) is 48.0 Å². The van der Waals surface area contributed by atoms with Crippen molar-refractivity contribution in [2.45, 2.75) is 10.1 Å². The topological polar surface area (TPSA) is 40.7 Å². The van der Waals surface area contributed by atoms with Gasteiger partial charge in [-0.25, -0.2) is 13.8 Å². The quantitative estimate of drug-likeness (QED) is 0.765. The van der Waals surface area contributed by atoms with Crippen LogP contribution in [0.3, 0.4) is 0 Å². The summed E-state index contributed by atoms with van der Waals surface area (Å²) in [5.41, 5.74) is 0.964. The van der Waals surface area contributed by atoms with Crippen LogP contribution in [0.15, 0.2) is 46.5 Å². The van der Waals surface area contributed by atoms with E-state index in [1.54, 1.807) is 7.05 Å². The maximum atomic E-state index is 13.7. The van der Waals surface area contributed by atoms with Crippen LogP contribution in [0.2, 0.25) is 0 Å². The second-order valence-corrected chi connectivity index (χ2v) is 5.21. The molecule has 0 unspecified atom stereocenters. The Kier molecular flexibility index (Phi) is 3.31. The Balaban J connectivity index is 1.98. The average Bonchev–Trinajstić information content (AvgIpc) is 2.84. The molecule has 0 atom stereocenters. The van der Waals surface area contributed by atoms with E-state index in [0.717, 1.165) is 33.8 Å². The summed E-state index contributed by atoms with van der Waals surface area (Å²) in [6.07, 6.45) is 0. The number of nitrogens with one attached hydrogen (secondary N) is 2. The highest BCUT2D eigenvalue weighted by Gasteiger charge is 2.13. The molecular formula is C14H11F2N3S. The van der Waals surface area contributed by atoms with E-state index in [9.17, 15) is 8.78 Å². The van der Waals surface area contributed by atoms with E-state index < -0.39 is 11.6 Å². The van der Waals surface area contributed by atoms with Crippen LogP contribution in [0.4, 0.5) is 14.6 Å². The molecule has 0 saturated heterocycles. The van der Waals surface area contributed by atoms with E-state index in [2.05, 4.69) is 15.3 Å². The van der Waals surface area contributed by atoms with E-state index in [-0.39, 0.29) is 10.8 Å². The molecule has 1 aromatic carbocycles. The Morgan fingerprint density at radius 3 is 2.70 bits per heavy atom. The zero-order valence-corrected chi connectivity index (χ0v) is 11.4. The Hall–Kier alpha value is -2.08. The lowest BCUT2D eigenvalue weighted by Gasteiger charge is -2.05. The molecule has 102 valence electrons. The molecule has 0 fully saturated rings. The number of halogens is 2. The van der Waals surface area contributed by atoms with Gasteiger partial charge in [-0.2, -0.15) is 0 Å². The molecule has 0 spiro atoms. The van der Waals surface area contributed by atoms with Crippen molar-refractivity contribution in [1.82, 2.24) is 9.97 Å². The number of aromatic nitrogens is 2. The molecule has 0 saturated carbocycles. The number of fused-ring (bicyclic) bond motifs is 1. The van der Waals surface area contributed by atoms with Gasteiger partial charge in [-0.15, -0.1) is 0 Å². The van der Waals surface area contributed by atoms with Gasteiger partial charge < -0.3 is 10.3 Å². The Morgan fingerprint density at radius 2 is 1.95 bits per heavy atom. The Morgan fingerprint density at radius 1 is 1.15 bits per heavy atom. The third kappa shape index (κ3) is 2.34. The van der Waals surface area contributed by atoms with Gasteiger partial charge in [0.15, 0.2) is 17.5 Å². The van der Waals surface area contributed by atoms with E-state index in [4.69, 9.17) is 0 Å². The van der Waals surface area contributed by atoms with E-state index in [1.165, 1.54) is 0 Å². The summed E-state index contributed by atoms with van der Waals surface area (Å²) in [6, 6.07) is 10.5. The van der Waals surface area contributed by atoms with Gasteiger partial charge in [0, 0.05) is 24.0 Å². The number of H-pyrrole nitrogens is 1. The molecule has 0 amide bonds. The molecule has 20 heavy (non-hydrogen) atoms. The van der Waals surface area contributed by atoms with E-state index in [0.29, 0.717) is 0 Å². The van der Waals surface area contributed by atoms with Crippen LogP contribution in [0.1, 0.15) is 0 Å². The van der Waals surface area contributed by atoms with Crippen LogP contribution in [0.25, 0.3) is 10.9 Å². The predicted molar refractivity (Wildman–Crippen MR) is 76.1 cm³/mol. The van der Waals surface area contributed by atoms with Gasteiger partial charge in [0.05, 0.1) is 5.03 Å². The first-order valence-corrected chi connectivity index (χ1v) is 6.78. The van der Waals surface area contributed by atoms with Gasteiger partial charge in [-0.3, -0.25) is 0 Å². The lowest BCUT2D eigenvalue weighted by Crippen LogP contribution is -1.99. The molecule has 2 N–H and O–H groups in total. The molecule has 2 heterocycles. The highest BCUT2D eigenvalue weighted by molar-refractivity contribution is 7.99. The number of rotatable bonds is 3. The summed E-state index contributed by atoms with van der Waals surface area (Å²) in [4.78, 5) is 7.10. The van der Waals surface area contributed by atoms with Gasteiger partial charge >= 0.3 is 0 Å². The van der Waals surface area contributed by atoms with E-state index in [1.807, 2.05) is 30.3 Å². The maximum Gasteiger partial charge on any atom is 0.168 e. The van der Waals surface area contributed by atoms with Crippen molar-refractivity contribution >= 4 is 28.5 Å². The zero-order valence-electron chi connectivity index (χ0n) is 10.6. The first-order chi connectivity index (χ1) is 9.67. The SMILES string of the molecule is CNc1nc(Sc2cc3ccccc3[nH]2)c(F)cc1F. The monoisotopic (exact) mass is 291 g/mol. The largest absolute Gasteiger partial charge is 0.371 e. The van der Waals surface area contributed by atoms with Crippen molar-refractivity contribution in [1.29, 1.82) is 0 Å². The van der Waals surface area contributed by atoms with Crippen LogP contribution >= 0.6 is 11.8 Å². The van der Waals surface area contributed by atoms with Crippen molar-refractivity contribution in [3.8, 4) is 0 Å². The number of benzene rings is 1. The second kappa shape index (κ2) is 5.13. The van der Waals surface area contributed by atoms with Crippen LogP contribution < -0.4 is 5.32 Å². The fourth-order valence-electron chi connectivity index (χ4n) is 1.90. The fourth-order valence-corrected chi connectivity index (χ4v) is 2.75. The standard InChI is InChI=1S/C14H11F2N3S/c1-17-13-9(15)7-10(16)14(19-13)20-12-6-8-4-2-3-5-11(8)18-12/h2-7,18H,1H3,(H,17,19). The number of hydrogen-bond donors (Lipinski definition) is 2. The molecule has 0 bridgehead atoms. The maximum absolute atomic E-state index is 13.7. The number of pyridine rings is 1. The average molecular weight is 291 g/mol. The first-order valence-electron chi connectivity index (χ1n) is 5.97. The Bertz CT molecular complexity index is 737. The fraction of sp³-hybridized carbons (Fsp3) is 0.0714. The number of anilines is 1. The summed E-state index contributed by atoms with van der Waals surface area (Å²) in [5.74, 6) is -1.35. The summed E-state index contributed by atoms with van der Waals surface area (Å²) in [7, 11) is 1.54. The minimum Gasteiger partial charge on any atom is -0.371 e. The lowest BCUT2D eigenvalue weighted by atomic mass is 10.3. The number of nitrogens with zero attached hydrogens (tertiary/aromatic N) is 1. The van der Waals surface area contributed by atoms with Crippen molar-refractivity contribution < 1.29 is 8.78 Å². The molecule has 0 aliphatic rings. The molecular weight excluding hydrogens is 280 g/mol. The zero-order chi connectivity index (χ0) is 14.1. The third-order valence-electron chi connectivity index (χ3n) is 2.85. The van der Waals surface area contributed by atoms with Gasteiger partial charge in [0.25, 0.3) is 0 Å². The van der Waals surface area contributed by atoms with E-state index >= 15 is 0 Å². The van der Waals surface area contributed by atoms with Gasteiger partial charge in [-0.05, 0) is 23.9 Å². The second-order valence-electron chi connectivity index (χ2n) is 4.18. The molecule has 3 nitrogen and oxygen atoms in total. The molecule has 3 rings (SSSR count). The van der Waals surface area contributed by atoms with Crippen LogP contribution in [0.5, 0.6) is 0 Å². The van der Waals surface area contributed by atoms with Gasteiger partial charge in [-0.1, -0.05) is 18.2 Å². The minimum atomic E-state index is -0.703. The number of para-hydroxylation sites is 1. The van der Waals surface area contributed by atoms with Gasteiger partial charge in [0.1, 0.15) is 5.03 Å². The predicted octanol–water partition coefficient (Wildman–Crippen LogP) is 4.03. The smallest absolute Gasteiger partial charge is 0.168 e. The van der Waals surface area contributed by atoms with Gasteiger partial charge in [0.2, 0.25) is 0 Å². The third-order valence-corrected chi connectivity index (χ3v) is 3.77. The summed E-state index contributed by atoms with van der Waals surface area (Å²) >= 11 is 1.13. The summed E-state index contributed by atoms with van der Waals surface area (Å²) in [6.45, 7) is 0. The minimum absolute atomic E-state index is 0.0324. The molecule has 0 radical (unpaired) electrons. The normalized spacial score (nSPS) is 10.9. The van der Waals surface area contributed by atoms with Crippen LogP contribution in [-0.2, 0) is 0 Å². The summed E-state index contributed by atoms with van der Waals surface area (Å²) < 4.78 is 27.1. The lowest BCUT2D eigenvalue weighted by molar-refractivity contribution is 0.551. The van der Waals surface area contributed by atoms with Crippen LogP contribution in [-0.4, -0.2) is 17.0 Å². The molecule has 2 aromatic heterocycles. The highest BCUT2D eigenvalue weighted by Crippen LogP contribution is 2.31. The van der Waals surface area contributed by atoms with Crippen molar-refractivity contribution in [3.63, 3.8) is 0 Å². The summed E-state index contributed by atoms with van der Waals surface area (Å²) in [5, 5.41) is 4.52. The number of aromatic amines is 1.